The number of carbonyl (C=O) groups excluding carboxylic acids is 1. The summed E-state index contributed by atoms with van der Waals surface area (Å²) in [5, 5.41) is 0.861. The van der Waals surface area contributed by atoms with Gasteiger partial charge in [-0.15, -0.1) is 9.60 Å². The first-order chi connectivity index (χ1) is 7.83. The predicted molar refractivity (Wildman–Crippen MR) is 59.2 cm³/mol. The molecule has 0 radical (unpaired) electrons. The van der Waals surface area contributed by atoms with Gasteiger partial charge in [0.2, 0.25) is 0 Å². The van der Waals surface area contributed by atoms with E-state index in [9.17, 15) is 9.28 Å². The van der Waals surface area contributed by atoms with E-state index < -0.39 is 0 Å². The van der Waals surface area contributed by atoms with Gasteiger partial charge >= 0.3 is 0 Å². The highest BCUT2D eigenvalue weighted by Crippen LogP contribution is 2.05. The van der Waals surface area contributed by atoms with E-state index >= 15 is 0 Å². The Labute approximate surface area is 94.8 Å². The second-order valence-electron chi connectivity index (χ2n) is 3.51. The van der Waals surface area contributed by atoms with E-state index in [1.54, 1.807) is 0 Å². The summed E-state index contributed by atoms with van der Waals surface area (Å²) in [5.74, 6) is 0. The average molecular weight is 225 g/mol. The fourth-order valence-corrected chi connectivity index (χ4v) is 1.38. The van der Waals surface area contributed by atoms with Crippen molar-refractivity contribution < 1.29 is 14.0 Å². The summed E-state index contributed by atoms with van der Waals surface area (Å²) in [5.41, 5.74) is 1.01. The molecule has 16 heavy (non-hydrogen) atoms. The van der Waals surface area contributed by atoms with Crippen LogP contribution in [0, 0.1) is 0 Å². The van der Waals surface area contributed by atoms with Crippen LogP contribution in [0.3, 0.4) is 0 Å². The van der Waals surface area contributed by atoms with Crippen molar-refractivity contribution in [1.82, 2.24) is 5.12 Å². The Hall–Kier alpha value is -1.42. The molecule has 88 valence electrons. The maximum Gasteiger partial charge on any atom is 0.293 e. The summed E-state index contributed by atoms with van der Waals surface area (Å²) >= 11 is 0. The minimum atomic E-state index is 0.365. The Bertz CT molecular complexity index is 286. The van der Waals surface area contributed by atoms with E-state index in [0.717, 1.165) is 23.5 Å². The van der Waals surface area contributed by atoms with Crippen molar-refractivity contribution >= 4 is 6.47 Å². The topological polar surface area (TPSA) is 29.5 Å². The lowest BCUT2D eigenvalue weighted by Gasteiger charge is -1.95. The third-order valence-corrected chi connectivity index (χ3v) is 2.21. The Kier molecular flexibility index (Phi) is 6.18. The van der Waals surface area contributed by atoms with Gasteiger partial charge in [-0.05, 0) is 18.4 Å². The monoisotopic (exact) mass is 225 g/mol. The average Bonchev–Trinajstić information content (AvgIpc) is 2.80. The van der Waals surface area contributed by atoms with Crippen molar-refractivity contribution in [3.05, 3.63) is 35.9 Å². The summed E-state index contributed by atoms with van der Waals surface area (Å²) in [6.07, 6.45) is 2.08. The zero-order valence-electron chi connectivity index (χ0n) is 9.14. The number of ether oxygens (including phenoxy) is 1. The van der Waals surface area contributed by atoms with Gasteiger partial charge in [-0.25, -0.2) is 0 Å². The first-order valence-corrected chi connectivity index (χ1v) is 5.33. The molecular formula is C12H16FNO2. The minimum absolute atomic E-state index is 0.365. The van der Waals surface area contributed by atoms with Crippen LogP contribution in [0.25, 0.3) is 0 Å². The molecular weight excluding hydrogens is 209 g/mol. The van der Waals surface area contributed by atoms with Gasteiger partial charge in [0.15, 0.2) is 0 Å². The first-order valence-electron chi connectivity index (χ1n) is 5.33. The zero-order valence-corrected chi connectivity index (χ0v) is 9.14. The summed E-state index contributed by atoms with van der Waals surface area (Å²) in [4.78, 5) is 9.76. The van der Waals surface area contributed by atoms with Crippen LogP contribution in [-0.2, 0) is 16.1 Å². The molecule has 0 unspecified atom stereocenters. The molecule has 1 aromatic carbocycles. The standard InChI is InChI=1S/C8H8O2.C4H8FN/c9-7-10-6-8-4-2-1-3-5-8;5-6-3-1-2-4-6/h1-5,7H,6H2;1-4H2. The van der Waals surface area contributed by atoms with E-state index in [1.165, 1.54) is 0 Å². The van der Waals surface area contributed by atoms with E-state index in [4.69, 9.17) is 0 Å². The van der Waals surface area contributed by atoms with Crippen molar-refractivity contribution in [2.24, 2.45) is 0 Å². The summed E-state index contributed by atoms with van der Waals surface area (Å²) in [6, 6.07) is 9.55. The van der Waals surface area contributed by atoms with Crippen molar-refractivity contribution in [2.75, 3.05) is 13.1 Å². The summed E-state index contributed by atoms with van der Waals surface area (Å²) in [7, 11) is 0. The SMILES string of the molecule is FN1CCCC1.O=COCc1ccccc1. The van der Waals surface area contributed by atoms with E-state index in [2.05, 4.69) is 4.74 Å². The molecule has 0 N–H and O–H groups in total. The van der Waals surface area contributed by atoms with Crippen LogP contribution in [-0.4, -0.2) is 24.7 Å². The predicted octanol–water partition coefficient (Wildman–Crippen LogP) is 2.33. The minimum Gasteiger partial charge on any atom is -0.463 e. The van der Waals surface area contributed by atoms with Gasteiger partial charge in [0.25, 0.3) is 6.47 Å². The van der Waals surface area contributed by atoms with E-state index in [1.807, 2.05) is 30.3 Å². The van der Waals surface area contributed by atoms with E-state index in [0.29, 0.717) is 26.2 Å². The molecule has 0 amide bonds. The number of carbonyl (C=O) groups is 1. The van der Waals surface area contributed by atoms with Gasteiger partial charge in [0.05, 0.1) is 0 Å². The highest BCUT2D eigenvalue weighted by Gasteiger charge is 2.07. The largest absolute Gasteiger partial charge is 0.463 e. The zero-order chi connectivity index (χ0) is 11.6. The Morgan fingerprint density at radius 1 is 1.25 bits per heavy atom. The van der Waals surface area contributed by atoms with Gasteiger partial charge in [0, 0.05) is 13.1 Å². The van der Waals surface area contributed by atoms with Gasteiger partial charge < -0.3 is 4.74 Å². The van der Waals surface area contributed by atoms with Gasteiger partial charge in [0.1, 0.15) is 6.61 Å². The van der Waals surface area contributed by atoms with Crippen LogP contribution >= 0.6 is 0 Å². The third-order valence-electron chi connectivity index (χ3n) is 2.21. The highest BCUT2D eigenvalue weighted by molar-refractivity contribution is 5.37. The molecule has 1 heterocycles. The number of halogens is 1. The maximum atomic E-state index is 11.8. The second-order valence-corrected chi connectivity index (χ2v) is 3.51. The highest BCUT2D eigenvalue weighted by atomic mass is 19.2. The van der Waals surface area contributed by atoms with Gasteiger partial charge in [-0.3, -0.25) is 4.79 Å². The number of hydrogen-bond donors (Lipinski definition) is 0. The molecule has 0 aromatic heterocycles. The van der Waals surface area contributed by atoms with Crippen molar-refractivity contribution in [2.45, 2.75) is 19.4 Å². The Morgan fingerprint density at radius 3 is 2.31 bits per heavy atom. The van der Waals surface area contributed by atoms with Crippen LogP contribution in [0.5, 0.6) is 0 Å². The number of hydrogen-bond acceptors (Lipinski definition) is 3. The van der Waals surface area contributed by atoms with Crippen LogP contribution in [0.1, 0.15) is 18.4 Å². The third kappa shape index (κ3) is 5.46. The summed E-state index contributed by atoms with van der Waals surface area (Å²) in [6.45, 7) is 2.12. The van der Waals surface area contributed by atoms with Gasteiger partial charge in [-0.1, -0.05) is 30.3 Å². The van der Waals surface area contributed by atoms with Gasteiger partial charge in [-0.2, -0.15) is 0 Å². The molecule has 0 spiro atoms. The Balaban J connectivity index is 0.000000181. The Morgan fingerprint density at radius 2 is 1.88 bits per heavy atom. The van der Waals surface area contributed by atoms with E-state index in [-0.39, 0.29) is 0 Å². The molecule has 1 saturated heterocycles. The number of nitrogens with zero attached hydrogens (tertiary/aromatic N) is 1. The molecule has 1 aromatic rings. The molecule has 0 aliphatic carbocycles. The fourth-order valence-electron chi connectivity index (χ4n) is 1.38. The molecule has 1 aliphatic heterocycles. The van der Waals surface area contributed by atoms with Crippen LogP contribution in [0.15, 0.2) is 30.3 Å². The van der Waals surface area contributed by atoms with Crippen molar-refractivity contribution in [3.8, 4) is 0 Å². The van der Waals surface area contributed by atoms with Crippen molar-refractivity contribution in [3.63, 3.8) is 0 Å². The molecule has 0 atom stereocenters. The molecule has 4 heteroatoms. The number of rotatable bonds is 3. The quantitative estimate of drug-likeness (QED) is 0.584. The summed E-state index contributed by atoms with van der Waals surface area (Å²) < 4.78 is 16.3. The fraction of sp³-hybridized carbons (Fsp3) is 0.417. The van der Waals surface area contributed by atoms with Crippen LogP contribution < -0.4 is 0 Å². The maximum absolute atomic E-state index is 11.8. The molecule has 3 nitrogen and oxygen atoms in total. The molecule has 1 fully saturated rings. The molecule has 0 saturated carbocycles. The molecule has 0 bridgehead atoms. The smallest absolute Gasteiger partial charge is 0.293 e. The van der Waals surface area contributed by atoms with Crippen LogP contribution in [0.2, 0.25) is 0 Å². The molecule has 1 aliphatic rings. The van der Waals surface area contributed by atoms with Crippen LogP contribution in [0.4, 0.5) is 4.48 Å². The van der Waals surface area contributed by atoms with Crippen molar-refractivity contribution in [1.29, 1.82) is 0 Å². The number of benzene rings is 1. The lowest BCUT2D eigenvalue weighted by Crippen LogP contribution is -2.04. The normalized spacial score (nSPS) is 15.1. The lowest BCUT2D eigenvalue weighted by atomic mass is 10.2. The second kappa shape index (κ2) is 7.82. The lowest BCUT2D eigenvalue weighted by molar-refractivity contribution is -0.129. The first kappa shape index (κ1) is 12.6. The molecule has 2 rings (SSSR count).